The molecule has 0 spiro atoms. The number of carbonyl (C=O) groups is 4. The van der Waals surface area contributed by atoms with Gasteiger partial charge in [0.15, 0.2) is 0 Å². The van der Waals surface area contributed by atoms with Gasteiger partial charge in [0.25, 0.3) is 23.6 Å². The highest BCUT2D eigenvalue weighted by Gasteiger charge is 2.35. The summed E-state index contributed by atoms with van der Waals surface area (Å²) in [5.74, 6) is -0.0846. The fourth-order valence-corrected chi connectivity index (χ4v) is 5.41. The Hall–Kier alpha value is -4.29. The molecule has 1 N–H and O–H groups in total. The number of hydrogen-bond donors (Lipinski definition) is 1. The number of pyridine rings is 1. The maximum absolute atomic E-state index is 12.2. The molecule has 2 aliphatic heterocycles. The van der Waals surface area contributed by atoms with Crippen molar-refractivity contribution in [3.05, 3.63) is 101 Å². The van der Waals surface area contributed by atoms with Gasteiger partial charge in [0.1, 0.15) is 0 Å². The lowest BCUT2D eigenvalue weighted by atomic mass is 10.1. The van der Waals surface area contributed by atoms with Gasteiger partial charge in [-0.1, -0.05) is 95.0 Å². The van der Waals surface area contributed by atoms with Crippen LogP contribution in [-0.4, -0.2) is 38.7 Å². The maximum atomic E-state index is 12.2. The SMILES string of the molecule is CC#N.CCCCCCCCCCCCSN1C(=O)c2ccccc2C1=O.O=C1NC(=O)c2ccccc21.c1ccncc1. The molecule has 0 saturated heterocycles. The standard InChI is InChI=1S/C20H29NO2S.C8H5NO2.C5H5N.C2H3N/c1-2-3-4-5-6-7-8-9-10-13-16-24-21-19(22)17-14-11-12-15-18(17)20(21)23;10-7-5-3-1-2-4-6(5)8(11)9-7;1-2-4-6-5-3-1;1-2-3/h11-12,14-15H,2-10,13,16H2,1H3;1-4H,(H,9,10,11);1-5H;1H3. The van der Waals surface area contributed by atoms with E-state index in [0.717, 1.165) is 12.2 Å². The Balaban J connectivity index is 0.000000273. The van der Waals surface area contributed by atoms with Crippen LogP contribution in [0.2, 0.25) is 0 Å². The molecule has 232 valence electrons. The highest BCUT2D eigenvalue weighted by atomic mass is 32.2. The number of imide groups is 2. The van der Waals surface area contributed by atoms with E-state index in [1.807, 2.05) is 18.2 Å². The summed E-state index contributed by atoms with van der Waals surface area (Å²) in [6, 6.07) is 21.3. The van der Waals surface area contributed by atoms with Gasteiger partial charge in [-0.15, -0.1) is 0 Å². The van der Waals surface area contributed by atoms with E-state index >= 15 is 0 Å². The largest absolute Gasteiger partial charge is 0.288 e. The Labute approximate surface area is 265 Å². The molecule has 2 aromatic carbocycles. The van der Waals surface area contributed by atoms with E-state index in [1.165, 1.54) is 81.0 Å². The monoisotopic (exact) mass is 614 g/mol. The molecule has 0 bridgehead atoms. The second-order valence-electron chi connectivity index (χ2n) is 10.0. The smallest absolute Gasteiger partial charge is 0.271 e. The molecule has 2 aliphatic rings. The molecule has 44 heavy (non-hydrogen) atoms. The Bertz CT molecular complexity index is 1280. The van der Waals surface area contributed by atoms with Gasteiger partial charge in [-0.25, -0.2) is 4.31 Å². The fraction of sp³-hybridized carbons (Fsp3) is 0.371. The topological polar surface area (TPSA) is 120 Å². The predicted molar refractivity (Wildman–Crippen MR) is 175 cm³/mol. The van der Waals surface area contributed by atoms with Crippen LogP contribution < -0.4 is 5.32 Å². The summed E-state index contributed by atoms with van der Waals surface area (Å²) in [4.78, 5) is 50.1. The predicted octanol–water partition coefficient (Wildman–Crippen LogP) is 8.03. The molecule has 4 amide bonds. The number of benzene rings is 2. The first-order valence-electron chi connectivity index (χ1n) is 15.2. The number of amides is 4. The van der Waals surface area contributed by atoms with Gasteiger partial charge in [-0.05, 0) is 54.8 Å². The van der Waals surface area contributed by atoms with Crippen molar-refractivity contribution in [2.24, 2.45) is 0 Å². The summed E-state index contributed by atoms with van der Waals surface area (Å²) in [6.45, 7) is 3.68. The molecule has 1 aromatic heterocycles. The van der Waals surface area contributed by atoms with E-state index in [4.69, 9.17) is 5.26 Å². The molecule has 0 saturated carbocycles. The Morgan fingerprint density at radius 2 is 1.07 bits per heavy atom. The highest BCUT2D eigenvalue weighted by Crippen LogP contribution is 2.28. The zero-order valence-corrected chi connectivity index (χ0v) is 26.5. The molecule has 9 heteroatoms. The van der Waals surface area contributed by atoms with E-state index in [2.05, 4.69) is 17.2 Å². The van der Waals surface area contributed by atoms with Crippen LogP contribution >= 0.6 is 11.9 Å². The lowest BCUT2D eigenvalue weighted by Crippen LogP contribution is -2.22. The van der Waals surface area contributed by atoms with E-state index in [0.29, 0.717) is 22.3 Å². The zero-order valence-electron chi connectivity index (χ0n) is 25.7. The van der Waals surface area contributed by atoms with Crippen LogP contribution in [0.4, 0.5) is 0 Å². The van der Waals surface area contributed by atoms with Crippen molar-refractivity contribution in [3.8, 4) is 6.07 Å². The number of nitriles is 1. The molecule has 0 aliphatic carbocycles. The second-order valence-corrected chi connectivity index (χ2v) is 11.1. The third-order valence-corrected chi connectivity index (χ3v) is 7.75. The first kappa shape index (κ1) is 35.9. The summed E-state index contributed by atoms with van der Waals surface area (Å²) in [6.07, 6.45) is 16.5. The van der Waals surface area contributed by atoms with Crippen molar-refractivity contribution < 1.29 is 19.2 Å². The van der Waals surface area contributed by atoms with Gasteiger partial charge >= 0.3 is 0 Å². The van der Waals surface area contributed by atoms with Crippen LogP contribution in [0, 0.1) is 11.3 Å². The number of nitrogens with one attached hydrogen (secondary N) is 1. The van der Waals surface area contributed by atoms with Gasteiger partial charge in [0, 0.05) is 25.1 Å². The summed E-state index contributed by atoms with van der Waals surface area (Å²) in [7, 11) is 0. The average molecular weight is 615 g/mol. The quantitative estimate of drug-likeness (QED) is 0.125. The first-order chi connectivity index (χ1) is 21.5. The molecule has 0 atom stereocenters. The lowest BCUT2D eigenvalue weighted by molar-refractivity contribution is 0.0774. The van der Waals surface area contributed by atoms with Crippen LogP contribution in [0.5, 0.6) is 0 Å². The van der Waals surface area contributed by atoms with Crippen molar-refractivity contribution in [2.45, 2.75) is 78.1 Å². The number of unbranched alkanes of at least 4 members (excludes halogenated alkanes) is 9. The van der Waals surface area contributed by atoms with E-state index in [-0.39, 0.29) is 23.6 Å². The van der Waals surface area contributed by atoms with Crippen LogP contribution in [0.3, 0.4) is 0 Å². The van der Waals surface area contributed by atoms with Crippen molar-refractivity contribution in [1.29, 1.82) is 5.26 Å². The number of aromatic nitrogens is 1. The minimum Gasteiger partial charge on any atom is -0.288 e. The van der Waals surface area contributed by atoms with Crippen molar-refractivity contribution in [2.75, 3.05) is 5.75 Å². The normalized spacial score (nSPS) is 12.3. The summed E-state index contributed by atoms with van der Waals surface area (Å²) in [5, 5.41) is 9.52. The molecule has 0 radical (unpaired) electrons. The van der Waals surface area contributed by atoms with Crippen molar-refractivity contribution in [1.82, 2.24) is 14.6 Å². The van der Waals surface area contributed by atoms with Crippen LogP contribution in [-0.2, 0) is 0 Å². The summed E-state index contributed by atoms with van der Waals surface area (Å²) < 4.78 is 1.33. The van der Waals surface area contributed by atoms with Gasteiger partial charge < -0.3 is 0 Å². The number of hydrogen-bond acceptors (Lipinski definition) is 7. The van der Waals surface area contributed by atoms with Gasteiger partial charge in [-0.2, -0.15) is 5.26 Å². The van der Waals surface area contributed by atoms with E-state index < -0.39 is 0 Å². The Morgan fingerprint density at radius 1 is 0.659 bits per heavy atom. The minimum atomic E-state index is -0.300. The fourth-order valence-electron chi connectivity index (χ4n) is 4.46. The average Bonchev–Trinajstić information content (AvgIpc) is 3.48. The number of carbonyl (C=O) groups excluding carboxylic acids is 4. The summed E-state index contributed by atoms with van der Waals surface area (Å²) >= 11 is 1.37. The van der Waals surface area contributed by atoms with Gasteiger partial charge in [0.05, 0.1) is 28.3 Å². The summed E-state index contributed by atoms with van der Waals surface area (Å²) in [5.41, 5.74) is 2.02. The van der Waals surface area contributed by atoms with Crippen LogP contribution in [0.15, 0.2) is 79.1 Å². The van der Waals surface area contributed by atoms with Crippen LogP contribution in [0.1, 0.15) is 119 Å². The number of fused-ring (bicyclic) bond motifs is 2. The molecular weight excluding hydrogens is 572 g/mol. The molecule has 0 fully saturated rings. The third-order valence-electron chi connectivity index (χ3n) is 6.68. The first-order valence-corrected chi connectivity index (χ1v) is 16.1. The van der Waals surface area contributed by atoms with E-state index in [1.54, 1.807) is 67.0 Å². The maximum Gasteiger partial charge on any atom is 0.271 e. The Morgan fingerprint density at radius 3 is 1.45 bits per heavy atom. The van der Waals surface area contributed by atoms with Crippen molar-refractivity contribution >= 4 is 35.6 Å². The molecular formula is C35H42N4O4S. The van der Waals surface area contributed by atoms with Gasteiger partial charge in [-0.3, -0.25) is 29.5 Å². The van der Waals surface area contributed by atoms with Crippen molar-refractivity contribution in [3.63, 3.8) is 0 Å². The second kappa shape index (κ2) is 21.4. The molecule has 3 heterocycles. The zero-order chi connectivity index (χ0) is 32.0. The highest BCUT2D eigenvalue weighted by molar-refractivity contribution is 7.98. The molecule has 8 nitrogen and oxygen atoms in total. The number of nitrogens with zero attached hydrogens (tertiary/aromatic N) is 3. The van der Waals surface area contributed by atoms with E-state index in [9.17, 15) is 19.2 Å². The molecule has 0 unspecified atom stereocenters. The third kappa shape index (κ3) is 12.1. The lowest BCUT2D eigenvalue weighted by Gasteiger charge is -2.11. The van der Waals surface area contributed by atoms with Crippen LogP contribution in [0.25, 0.3) is 0 Å². The Kier molecular flexibility index (Phi) is 17.5. The van der Waals surface area contributed by atoms with Gasteiger partial charge in [0.2, 0.25) is 0 Å². The minimum absolute atomic E-state index is 0.160. The number of rotatable bonds is 12. The molecule has 3 aromatic rings. The molecule has 5 rings (SSSR count).